The summed E-state index contributed by atoms with van der Waals surface area (Å²) in [6, 6.07) is 15.6. The molecule has 1 unspecified atom stereocenters. The second-order valence-corrected chi connectivity index (χ2v) is 7.76. The number of thioether (sulfide) groups is 1. The van der Waals surface area contributed by atoms with Crippen LogP contribution >= 0.6 is 11.8 Å². The minimum atomic E-state index is -0.251. The van der Waals surface area contributed by atoms with Gasteiger partial charge >= 0.3 is 0 Å². The molecule has 0 aliphatic carbocycles. The van der Waals surface area contributed by atoms with Crippen molar-refractivity contribution in [3.05, 3.63) is 65.5 Å². The van der Waals surface area contributed by atoms with Gasteiger partial charge in [-0.05, 0) is 57.0 Å². The van der Waals surface area contributed by atoms with Crippen molar-refractivity contribution in [2.75, 3.05) is 11.1 Å². The molecule has 0 aliphatic heterocycles. The highest BCUT2D eigenvalue weighted by Crippen LogP contribution is 2.26. The van der Waals surface area contributed by atoms with E-state index in [1.165, 1.54) is 11.8 Å². The Morgan fingerprint density at radius 2 is 1.97 bits per heavy atom. The average molecular weight is 411 g/mol. The van der Waals surface area contributed by atoms with Crippen molar-refractivity contribution < 1.29 is 9.53 Å². The number of nitrogens with zero attached hydrogens (tertiary/aromatic N) is 3. The predicted molar refractivity (Wildman–Crippen MR) is 116 cm³/mol. The quantitative estimate of drug-likeness (QED) is 0.541. The minimum absolute atomic E-state index is 0.0722. The first kappa shape index (κ1) is 20.9. The molecule has 0 spiro atoms. The lowest BCUT2D eigenvalue weighted by atomic mass is 10.2. The smallest absolute Gasteiger partial charge is 0.234 e. The van der Waals surface area contributed by atoms with Gasteiger partial charge in [-0.2, -0.15) is 0 Å². The molecule has 0 saturated heterocycles. The molecule has 7 heteroatoms. The number of amides is 1. The third kappa shape index (κ3) is 5.38. The van der Waals surface area contributed by atoms with Crippen LogP contribution in [0.15, 0.2) is 53.7 Å². The number of ether oxygens (including phenoxy) is 1. The number of para-hydroxylation sites is 1. The number of rotatable bonds is 8. The zero-order valence-corrected chi connectivity index (χ0v) is 18.0. The van der Waals surface area contributed by atoms with E-state index in [-0.39, 0.29) is 17.8 Å². The van der Waals surface area contributed by atoms with Crippen LogP contribution < -0.4 is 10.1 Å². The van der Waals surface area contributed by atoms with Crippen LogP contribution in [0.1, 0.15) is 36.9 Å². The maximum atomic E-state index is 12.3. The van der Waals surface area contributed by atoms with Crippen molar-refractivity contribution in [2.45, 2.75) is 45.5 Å². The fraction of sp³-hybridized carbons (Fsp3) is 0.318. The summed E-state index contributed by atoms with van der Waals surface area (Å²) in [5.41, 5.74) is 2.98. The van der Waals surface area contributed by atoms with Gasteiger partial charge in [0.05, 0.1) is 5.75 Å². The van der Waals surface area contributed by atoms with Crippen LogP contribution in [0.5, 0.6) is 5.75 Å². The van der Waals surface area contributed by atoms with Gasteiger partial charge in [-0.15, -0.1) is 10.2 Å². The minimum Gasteiger partial charge on any atom is -0.482 e. The SMILES string of the molecule is CCn1c(SCC(=O)Nc2cccc(C)c2)nnc1C(C)Oc1ccccc1C. The number of aryl methyl sites for hydroxylation is 2. The van der Waals surface area contributed by atoms with E-state index >= 15 is 0 Å². The molecule has 1 amide bonds. The third-order valence-corrected chi connectivity index (χ3v) is 5.42. The standard InChI is InChI=1S/C22H26N4O2S/c1-5-26-21(17(4)28-19-12-7-6-10-16(19)3)24-25-22(26)29-14-20(27)23-18-11-8-9-15(2)13-18/h6-13,17H,5,14H2,1-4H3,(H,23,27). The summed E-state index contributed by atoms with van der Waals surface area (Å²) < 4.78 is 8.08. The van der Waals surface area contributed by atoms with E-state index in [0.29, 0.717) is 11.7 Å². The van der Waals surface area contributed by atoms with Crippen LogP contribution in [0.3, 0.4) is 0 Å². The number of aromatic nitrogens is 3. The number of carbonyl (C=O) groups excluding carboxylic acids is 1. The van der Waals surface area contributed by atoms with Crippen LogP contribution in [0, 0.1) is 13.8 Å². The van der Waals surface area contributed by atoms with Gasteiger partial charge in [0.15, 0.2) is 17.1 Å². The topological polar surface area (TPSA) is 69.0 Å². The molecule has 6 nitrogen and oxygen atoms in total. The van der Waals surface area contributed by atoms with E-state index in [1.54, 1.807) is 0 Å². The summed E-state index contributed by atoms with van der Waals surface area (Å²) >= 11 is 1.37. The summed E-state index contributed by atoms with van der Waals surface area (Å²) in [4.78, 5) is 12.3. The van der Waals surface area contributed by atoms with E-state index in [2.05, 4.69) is 15.5 Å². The van der Waals surface area contributed by atoms with Crippen molar-refractivity contribution >= 4 is 23.4 Å². The monoisotopic (exact) mass is 410 g/mol. The molecule has 1 N–H and O–H groups in total. The van der Waals surface area contributed by atoms with Crippen LogP contribution in [-0.2, 0) is 11.3 Å². The Balaban J connectivity index is 1.64. The summed E-state index contributed by atoms with van der Waals surface area (Å²) in [7, 11) is 0. The van der Waals surface area contributed by atoms with Gasteiger partial charge in [0.2, 0.25) is 5.91 Å². The molecular weight excluding hydrogens is 384 g/mol. The first-order chi connectivity index (χ1) is 14.0. The highest BCUT2D eigenvalue weighted by molar-refractivity contribution is 7.99. The lowest BCUT2D eigenvalue weighted by Crippen LogP contribution is -2.15. The van der Waals surface area contributed by atoms with E-state index in [9.17, 15) is 4.79 Å². The highest BCUT2D eigenvalue weighted by atomic mass is 32.2. The molecular formula is C22H26N4O2S. The van der Waals surface area contributed by atoms with Crippen LogP contribution in [0.2, 0.25) is 0 Å². The number of carbonyl (C=O) groups is 1. The molecule has 0 fully saturated rings. The van der Waals surface area contributed by atoms with Gasteiger partial charge in [-0.3, -0.25) is 4.79 Å². The molecule has 0 bridgehead atoms. The fourth-order valence-electron chi connectivity index (χ4n) is 2.99. The summed E-state index contributed by atoms with van der Waals surface area (Å²) in [6.45, 7) is 8.70. The normalized spacial score (nSPS) is 11.9. The molecule has 1 aromatic heterocycles. The Morgan fingerprint density at radius 1 is 1.17 bits per heavy atom. The van der Waals surface area contributed by atoms with Gasteiger partial charge in [-0.25, -0.2) is 0 Å². The number of hydrogen-bond donors (Lipinski definition) is 1. The van der Waals surface area contributed by atoms with Crippen molar-refractivity contribution in [3.8, 4) is 5.75 Å². The first-order valence-corrected chi connectivity index (χ1v) is 10.6. The maximum absolute atomic E-state index is 12.3. The van der Waals surface area contributed by atoms with E-state index in [4.69, 9.17) is 4.74 Å². The third-order valence-electron chi connectivity index (χ3n) is 4.46. The first-order valence-electron chi connectivity index (χ1n) is 9.62. The maximum Gasteiger partial charge on any atom is 0.234 e. The Hall–Kier alpha value is -2.80. The molecule has 1 heterocycles. The fourth-order valence-corrected chi connectivity index (χ4v) is 3.80. The zero-order chi connectivity index (χ0) is 20.8. The Kier molecular flexibility index (Phi) is 6.93. The van der Waals surface area contributed by atoms with Crippen molar-refractivity contribution in [1.82, 2.24) is 14.8 Å². The van der Waals surface area contributed by atoms with Crippen LogP contribution in [-0.4, -0.2) is 26.4 Å². The molecule has 29 heavy (non-hydrogen) atoms. The van der Waals surface area contributed by atoms with E-state index in [1.807, 2.05) is 80.8 Å². The summed E-state index contributed by atoms with van der Waals surface area (Å²) in [6.07, 6.45) is -0.251. The van der Waals surface area contributed by atoms with Crippen molar-refractivity contribution in [2.24, 2.45) is 0 Å². The summed E-state index contributed by atoms with van der Waals surface area (Å²) in [5, 5.41) is 12.2. The van der Waals surface area contributed by atoms with Gasteiger partial charge in [0.1, 0.15) is 5.75 Å². The molecule has 152 valence electrons. The largest absolute Gasteiger partial charge is 0.482 e. The van der Waals surface area contributed by atoms with Gasteiger partial charge in [0.25, 0.3) is 0 Å². The van der Waals surface area contributed by atoms with Crippen molar-refractivity contribution in [1.29, 1.82) is 0 Å². The molecule has 0 aliphatic rings. The van der Waals surface area contributed by atoms with Crippen molar-refractivity contribution in [3.63, 3.8) is 0 Å². The lowest BCUT2D eigenvalue weighted by Gasteiger charge is -2.17. The second-order valence-electron chi connectivity index (χ2n) is 6.82. The van der Waals surface area contributed by atoms with E-state index in [0.717, 1.165) is 28.4 Å². The van der Waals surface area contributed by atoms with Gasteiger partial charge < -0.3 is 14.6 Å². The molecule has 0 saturated carbocycles. The lowest BCUT2D eigenvalue weighted by molar-refractivity contribution is -0.113. The molecule has 3 rings (SSSR count). The predicted octanol–water partition coefficient (Wildman–Crippen LogP) is 4.79. The molecule has 2 aromatic carbocycles. The van der Waals surface area contributed by atoms with Gasteiger partial charge in [-0.1, -0.05) is 42.1 Å². The number of anilines is 1. The Morgan fingerprint density at radius 3 is 2.69 bits per heavy atom. The Bertz CT molecular complexity index is 986. The summed E-state index contributed by atoms with van der Waals surface area (Å²) in [5.74, 6) is 1.77. The molecule has 3 aromatic rings. The number of hydrogen-bond acceptors (Lipinski definition) is 5. The second kappa shape index (κ2) is 9.60. The van der Waals surface area contributed by atoms with Gasteiger partial charge in [0, 0.05) is 12.2 Å². The van der Waals surface area contributed by atoms with Crippen LogP contribution in [0.25, 0.3) is 0 Å². The number of nitrogens with one attached hydrogen (secondary N) is 1. The van der Waals surface area contributed by atoms with Crippen LogP contribution in [0.4, 0.5) is 5.69 Å². The highest BCUT2D eigenvalue weighted by Gasteiger charge is 2.20. The Labute approximate surface area is 175 Å². The zero-order valence-electron chi connectivity index (χ0n) is 17.2. The van der Waals surface area contributed by atoms with E-state index < -0.39 is 0 Å². The number of benzene rings is 2. The molecule has 1 atom stereocenters. The molecule has 0 radical (unpaired) electrons. The average Bonchev–Trinajstić information content (AvgIpc) is 3.11.